The Morgan fingerprint density at radius 1 is 0.708 bits per heavy atom. The van der Waals surface area contributed by atoms with Gasteiger partial charge in [0.05, 0.1) is 6.04 Å². The zero-order chi connectivity index (χ0) is 16.4. The fourth-order valence-electron chi connectivity index (χ4n) is 3.13. The summed E-state index contributed by atoms with van der Waals surface area (Å²) in [5.74, 6) is 0.0684. The predicted octanol–water partition coefficient (Wildman–Crippen LogP) is 4.86. The van der Waals surface area contributed by atoms with Crippen LogP contribution in [-0.2, 0) is 4.79 Å². The molecule has 0 saturated carbocycles. The lowest BCUT2D eigenvalue weighted by Gasteiger charge is -2.43. The van der Waals surface area contributed by atoms with Crippen LogP contribution >= 0.6 is 0 Å². The number of para-hydroxylation sites is 1. The largest absolute Gasteiger partial charge is 0.297 e. The zero-order valence-electron chi connectivity index (χ0n) is 13.2. The molecule has 1 aliphatic rings. The van der Waals surface area contributed by atoms with Gasteiger partial charge in [-0.15, -0.1) is 0 Å². The van der Waals surface area contributed by atoms with Gasteiger partial charge in [-0.05, 0) is 29.3 Å². The normalized spacial score (nSPS) is 18.5. The summed E-state index contributed by atoms with van der Waals surface area (Å²) in [4.78, 5) is 14.7. The lowest BCUT2D eigenvalue weighted by Crippen LogP contribution is -2.49. The molecule has 0 aliphatic carbocycles. The molecule has 1 unspecified atom stereocenters. The first kappa shape index (κ1) is 14.5. The third-order valence-electron chi connectivity index (χ3n) is 4.29. The minimum atomic E-state index is -0.0405. The molecule has 3 aromatic rings. The van der Waals surface area contributed by atoms with E-state index in [1.54, 1.807) is 0 Å². The Morgan fingerprint density at radius 2 is 1.25 bits per heavy atom. The third-order valence-corrected chi connectivity index (χ3v) is 4.29. The van der Waals surface area contributed by atoms with Crippen LogP contribution in [0.15, 0.2) is 96.6 Å². The molecular formula is C22H17NO. The minimum absolute atomic E-state index is 0.0405. The average Bonchev–Trinajstić information content (AvgIpc) is 2.66. The highest BCUT2D eigenvalue weighted by Gasteiger charge is 2.43. The quantitative estimate of drug-likeness (QED) is 0.500. The molecule has 2 heteroatoms. The highest BCUT2D eigenvalue weighted by molar-refractivity contribution is 6.17. The number of hydrogen-bond donors (Lipinski definition) is 0. The number of benzene rings is 3. The van der Waals surface area contributed by atoms with Gasteiger partial charge in [-0.3, -0.25) is 9.69 Å². The van der Waals surface area contributed by atoms with Gasteiger partial charge >= 0.3 is 0 Å². The minimum Gasteiger partial charge on any atom is -0.297 e. The highest BCUT2D eigenvalue weighted by Crippen LogP contribution is 2.43. The van der Waals surface area contributed by atoms with Gasteiger partial charge in [-0.25, -0.2) is 0 Å². The van der Waals surface area contributed by atoms with Crippen molar-refractivity contribution in [3.05, 3.63) is 108 Å². The second-order valence-electron chi connectivity index (χ2n) is 5.83. The molecule has 24 heavy (non-hydrogen) atoms. The van der Waals surface area contributed by atoms with Crippen molar-refractivity contribution >= 4 is 17.7 Å². The van der Waals surface area contributed by atoms with Crippen LogP contribution in [-0.4, -0.2) is 5.91 Å². The van der Waals surface area contributed by atoms with Crippen molar-refractivity contribution in [1.82, 2.24) is 0 Å². The van der Waals surface area contributed by atoms with Crippen LogP contribution < -0.4 is 4.90 Å². The summed E-state index contributed by atoms with van der Waals surface area (Å²) >= 11 is 0. The smallest absolute Gasteiger partial charge is 0.257 e. The van der Waals surface area contributed by atoms with Gasteiger partial charge in [0.25, 0.3) is 5.91 Å². The molecule has 0 bridgehead atoms. The van der Waals surface area contributed by atoms with Crippen LogP contribution in [0.5, 0.6) is 0 Å². The van der Waals surface area contributed by atoms with Crippen molar-refractivity contribution in [3.63, 3.8) is 0 Å². The van der Waals surface area contributed by atoms with E-state index >= 15 is 0 Å². The molecule has 1 amide bonds. The second-order valence-corrected chi connectivity index (χ2v) is 5.83. The summed E-state index contributed by atoms with van der Waals surface area (Å²) in [6.07, 6.45) is 2.00. The molecule has 116 valence electrons. The van der Waals surface area contributed by atoms with E-state index in [0.29, 0.717) is 0 Å². The Bertz CT molecular complexity index is 870. The van der Waals surface area contributed by atoms with E-state index in [9.17, 15) is 4.79 Å². The van der Waals surface area contributed by atoms with E-state index in [4.69, 9.17) is 0 Å². The molecule has 1 aliphatic heterocycles. The van der Waals surface area contributed by atoms with Crippen LogP contribution in [0.25, 0.3) is 6.08 Å². The van der Waals surface area contributed by atoms with E-state index < -0.39 is 0 Å². The fraction of sp³-hybridized carbons (Fsp3) is 0.0455. The Balaban J connectivity index is 1.78. The first-order valence-electron chi connectivity index (χ1n) is 8.05. The molecule has 0 spiro atoms. The summed E-state index contributed by atoms with van der Waals surface area (Å²) in [5.41, 5.74) is 3.94. The van der Waals surface area contributed by atoms with E-state index in [-0.39, 0.29) is 11.9 Å². The predicted molar refractivity (Wildman–Crippen MR) is 97.5 cm³/mol. The number of anilines is 1. The Kier molecular flexibility index (Phi) is 3.72. The lowest BCUT2D eigenvalue weighted by atomic mass is 9.86. The standard InChI is InChI=1S/C22H17NO/c24-22-20(16-17-10-4-1-5-11-17)21(18-12-6-2-7-13-18)23(22)19-14-8-3-9-15-19/h1-16,21H. The number of nitrogens with zero attached hydrogens (tertiary/aromatic N) is 1. The van der Waals surface area contributed by atoms with Gasteiger partial charge in [0.2, 0.25) is 0 Å². The van der Waals surface area contributed by atoms with Crippen molar-refractivity contribution < 1.29 is 4.79 Å². The molecule has 3 aromatic carbocycles. The Morgan fingerprint density at radius 3 is 1.88 bits per heavy atom. The average molecular weight is 311 g/mol. The fourth-order valence-corrected chi connectivity index (χ4v) is 3.13. The summed E-state index contributed by atoms with van der Waals surface area (Å²) in [5, 5.41) is 0. The Hall–Kier alpha value is -3.13. The topological polar surface area (TPSA) is 20.3 Å². The summed E-state index contributed by atoms with van der Waals surface area (Å²) in [6.45, 7) is 0. The Labute approximate surface area is 141 Å². The van der Waals surface area contributed by atoms with Gasteiger partial charge in [0.15, 0.2) is 0 Å². The molecule has 1 saturated heterocycles. The summed E-state index contributed by atoms with van der Waals surface area (Å²) < 4.78 is 0. The van der Waals surface area contributed by atoms with E-state index in [2.05, 4.69) is 12.1 Å². The monoisotopic (exact) mass is 311 g/mol. The maximum absolute atomic E-state index is 12.8. The van der Waals surface area contributed by atoms with Crippen LogP contribution in [0.4, 0.5) is 5.69 Å². The van der Waals surface area contributed by atoms with Gasteiger partial charge < -0.3 is 0 Å². The maximum Gasteiger partial charge on any atom is 0.257 e. The van der Waals surface area contributed by atoms with Gasteiger partial charge in [-0.1, -0.05) is 78.9 Å². The second kappa shape index (κ2) is 6.17. The van der Waals surface area contributed by atoms with Crippen molar-refractivity contribution in [1.29, 1.82) is 0 Å². The zero-order valence-corrected chi connectivity index (χ0v) is 13.2. The van der Waals surface area contributed by atoms with E-state index in [1.165, 1.54) is 0 Å². The van der Waals surface area contributed by atoms with Crippen LogP contribution in [0.1, 0.15) is 17.2 Å². The van der Waals surface area contributed by atoms with Crippen LogP contribution in [0, 0.1) is 0 Å². The SMILES string of the molecule is O=C1C(=Cc2ccccc2)C(c2ccccc2)N1c1ccccc1. The lowest BCUT2D eigenvalue weighted by molar-refractivity contribution is -0.118. The molecule has 0 aromatic heterocycles. The molecule has 0 radical (unpaired) electrons. The number of rotatable bonds is 3. The summed E-state index contributed by atoms with van der Waals surface area (Å²) in [6, 6.07) is 30.0. The first-order chi connectivity index (χ1) is 11.8. The van der Waals surface area contributed by atoms with Crippen molar-refractivity contribution in [2.45, 2.75) is 6.04 Å². The molecule has 4 rings (SSSR count). The highest BCUT2D eigenvalue weighted by atomic mass is 16.2. The maximum atomic E-state index is 12.8. The molecule has 1 atom stereocenters. The first-order valence-corrected chi connectivity index (χ1v) is 8.05. The molecule has 1 fully saturated rings. The van der Waals surface area contributed by atoms with E-state index in [1.807, 2.05) is 89.8 Å². The summed E-state index contributed by atoms with van der Waals surface area (Å²) in [7, 11) is 0. The van der Waals surface area contributed by atoms with Crippen LogP contribution in [0.3, 0.4) is 0 Å². The number of hydrogen-bond acceptors (Lipinski definition) is 1. The molecule has 2 nitrogen and oxygen atoms in total. The molecular weight excluding hydrogens is 294 g/mol. The van der Waals surface area contributed by atoms with E-state index in [0.717, 1.165) is 22.4 Å². The van der Waals surface area contributed by atoms with Crippen molar-refractivity contribution in [2.75, 3.05) is 4.90 Å². The molecule has 1 heterocycles. The van der Waals surface area contributed by atoms with Crippen LogP contribution in [0.2, 0.25) is 0 Å². The molecule has 0 N–H and O–H groups in total. The third kappa shape index (κ3) is 2.52. The van der Waals surface area contributed by atoms with Crippen molar-refractivity contribution in [3.8, 4) is 0 Å². The van der Waals surface area contributed by atoms with Gasteiger partial charge in [0, 0.05) is 11.3 Å². The number of amides is 1. The van der Waals surface area contributed by atoms with Crippen molar-refractivity contribution in [2.24, 2.45) is 0 Å². The number of carbonyl (C=O) groups is 1. The number of carbonyl (C=O) groups excluding carboxylic acids is 1. The van der Waals surface area contributed by atoms with Gasteiger partial charge in [-0.2, -0.15) is 0 Å². The van der Waals surface area contributed by atoms with Gasteiger partial charge in [0.1, 0.15) is 0 Å². The number of β-lactam (4-membered cyclic amide) rings is 1.